The van der Waals surface area contributed by atoms with Gasteiger partial charge in [0.1, 0.15) is 6.04 Å². The summed E-state index contributed by atoms with van der Waals surface area (Å²) in [4.78, 5) is 27.4. The summed E-state index contributed by atoms with van der Waals surface area (Å²) >= 11 is 0. The van der Waals surface area contributed by atoms with Crippen molar-refractivity contribution < 1.29 is 9.59 Å². The molecule has 0 bridgehead atoms. The molecule has 4 heteroatoms. The Hall–Kier alpha value is -2.62. The molecule has 0 radical (unpaired) electrons. The normalized spacial score (nSPS) is 26.8. The molecule has 2 aromatic carbocycles. The predicted molar refractivity (Wildman–Crippen MR) is 106 cm³/mol. The molecule has 2 aliphatic rings. The van der Waals surface area contributed by atoms with E-state index in [4.69, 9.17) is 5.73 Å². The number of fused-ring (bicyclic) bond motifs is 1. The number of nitrogens with zero attached hydrogens (tertiary/aromatic N) is 1. The maximum Gasteiger partial charge on any atom is 0.255 e. The first kappa shape index (κ1) is 17.8. The van der Waals surface area contributed by atoms with Gasteiger partial charge in [0.25, 0.3) is 5.91 Å². The number of aryl methyl sites for hydroxylation is 1. The first-order chi connectivity index (χ1) is 13.0. The number of rotatable bonds is 3. The zero-order valence-electron chi connectivity index (χ0n) is 15.9. The SMILES string of the molecule is Cc1cccc(-c2ccccc2C(=O)N2C[C@@H]3CC(C)C[C@@H]3[C@H]2C(N)=O)c1. The Kier molecular flexibility index (Phi) is 4.50. The molecule has 2 amide bonds. The molecular formula is C23H26N2O2. The average molecular weight is 362 g/mol. The van der Waals surface area contributed by atoms with Crippen LogP contribution in [0, 0.1) is 24.7 Å². The lowest BCUT2D eigenvalue weighted by atomic mass is 9.93. The van der Waals surface area contributed by atoms with Crippen molar-refractivity contribution in [3.05, 3.63) is 59.7 Å². The second-order valence-electron chi connectivity index (χ2n) is 8.22. The van der Waals surface area contributed by atoms with E-state index >= 15 is 0 Å². The van der Waals surface area contributed by atoms with Crippen LogP contribution in [0.1, 0.15) is 35.7 Å². The Morgan fingerprint density at radius 3 is 2.59 bits per heavy atom. The van der Waals surface area contributed by atoms with Gasteiger partial charge < -0.3 is 10.6 Å². The Balaban J connectivity index is 1.71. The number of amides is 2. The Morgan fingerprint density at radius 2 is 1.85 bits per heavy atom. The summed E-state index contributed by atoms with van der Waals surface area (Å²) in [6, 6.07) is 15.3. The van der Waals surface area contributed by atoms with Gasteiger partial charge in [0, 0.05) is 12.1 Å². The molecule has 2 aromatic rings. The fourth-order valence-electron chi connectivity index (χ4n) is 5.10. The monoisotopic (exact) mass is 362 g/mol. The summed E-state index contributed by atoms with van der Waals surface area (Å²) in [6.45, 7) is 4.89. The zero-order valence-corrected chi connectivity index (χ0v) is 15.9. The lowest BCUT2D eigenvalue weighted by molar-refractivity contribution is -0.122. The van der Waals surface area contributed by atoms with Crippen molar-refractivity contribution in [3.8, 4) is 11.1 Å². The van der Waals surface area contributed by atoms with Gasteiger partial charge in [-0.05, 0) is 54.7 Å². The number of primary amides is 1. The molecule has 1 aliphatic carbocycles. The van der Waals surface area contributed by atoms with Crippen LogP contribution in [0.5, 0.6) is 0 Å². The maximum absolute atomic E-state index is 13.5. The third kappa shape index (κ3) is 3.14. The highest BCUT2D eigenvalue weighted by Gasteiger charge is 2.50. The smallest absolute Gasteiger partial charge is 0.255 e. The van der Waals surface area contributed by atoms with Crippen molar-refractivity contribution in [3.63, 3.8) is 0 Å². The van der Waals surface area contributed by atoms with Gasteiger partial charge >= 0.3 is 0 Å². The Labute approximate surface area is 160 Å². The van der Waals surface area contributed by atoms with E-state index in [0.29, 0.717) is 23.9 Å². The van der Waals surface area contributed by atoms with Crippen LogP contribution in [-0.2, 0) is 4.79 Å². The second-order valence-corrected chi connectivity index (χ2v) is 8.22. The van der Waals surface area contributed by atoms with Gasteiger partial charge in [0.15, 0.2) is 0 Å². The third-order valence-electron chi connectivity index (χ3n) is 6.20. The van der Waals surface area contributed by atoms with Crippen LogP contribution in [0.2, 0.25) is 0 Å². The molecule has 4 nitrogen and oxygen atoms in total. The van der Waals surface area contributed by atoms with E-state index < -0.39 is 6.04 Å². The number of nitrogens with two attached hydrogens (primary N) is 1. The quantitative estimate of drug-likeness (QED) is 0.906. The highest BCUT2D eigenvalue weighted by molar-refractivity contribution is 6.03. The summed E-state index contributed by atoms with van der Waals surface area (Å²) in [6.07, 6.45) is 2.04. The molecule has 140 valence electrons. The minimum absolute atomic E-state index is 0.0852. The van der Waals surface area contributed by atoms with E-state index in [1.54, 1.807) is 4.90 Å². The van der Waals surface area contributed by atoms with Crippen molar-refractivity contribution in [1.82, 2.24) is 4.90 Å². The summed E-state index contributed by atoms with van der Waals surface area (Å²) in [5, 5.41) is 0. The number of likely N-dealkylation sites (tertiary alicyclic amines) is 1. The van der Waals surface area contributed by atoms with E-state index in [0.717, 1.165) is 29.5 Å². The maximum atomic E-state index is 13.5. The number of carbonyl (C=O) groups is 2. The molecule has 2 fully saturated rings. The minimum atomic E-state index is -0.488. The molecule has 1 heterocycles. The van der Waals surface area contributed by atoms with Gasteiger partial charge in [0.2, 0.25) is 5.91 Å². The van der Waals surface area contributed by atoms with Crippen molar-refractivity contribution >= 4 is 11.8 Å². The molecule has 1 unspecified atom stereocenters. The fourth-order valence-corrected chi connectivity index (χ4v) is 5.10. The lowest BCUT2D eigenvalue weighted by Crippen LogP contribution is -2.46. The van der Waals surface area contributed by atoms with Crippen LogP contribution in [0.3, 0.4) is 0 Å². The van der Waals surface area contributed by atoms with Crippen LogP contribution >= 0.6 is 0 Å². The summed E-state index contributed by atoms with van der Waals surface area (Å²) in [7, 11) is 0. The molecule has 4 atom stereocenters. The first-order valence-corrected chi connectivity index (χ1v) is 9.72. The summed E-state index contributed by atoms with van der Waals surface area (Å²) < 4.78 is 0. The number of carbonyl (C=O) groups excluding carboxylic acids is 2. The predicted octanol–water partition coefficient (Wildman–Crippen LogP) is 3.63. The Morgan fingerprint density at radius 1 is 1.07 bits per heavy atom. The van der Waals surface area contributed by atoms with E-state index in [1.807, 2.05) is 49.4 Å². The van der Waals surface area contributed by atoms with Gasteiger partial charge in [-0.15, -0.1) is 0 Å². The van der Waals surface area contributed by atoms with Crippen LogP contribution in [0.4, 0.5) is 0 Å². The first-order valence-electron chi connectivity index (χ1n) is 9.72. The van der Waals surface area contributed by atoms with Gasteiger partial charge in [0.05, 0.1) is 0 Å². The summed E-state index contributed by atoms with van der Waals surface area (Å²) in [5.41, 5.74) is 9.45. The van der Waals surface area contributed by atoms with Crippen LogP contribution in [-0.4, -0.2) is 29.3 Å². The largest absolute Gasteiger partial charge is 0.368 e. The molecule has 27 heavy (non-hydrogen) atoms. The second kappa shape index (κ2) is 6.84. The Bertz CT molecular complexity index is 891. The summed E-state index contributed by atoms with van der Waals surface area (Å²) in [5.74, 6) is 0.717. The number of hydrogen-bond acceptors (Lipinski definition) is 2. The van der Waals surface area contributed by atoms with Crippen LogP contribution in [0.15, 0.2) is 48.5 Å². The molecule has 4 rings (SSSR count). The number of hydrogen-bond donors (Lipinski definition) is 1. The van der Waals surface area contributed by atoms with Crippen molar-refractivity contribution in [2.24, 2.45) is 23.5 Å². The molecular weight excluding hydrogens is 336 g/mol. The van der Waals surface area contributed by atoms with Crippen molar-refractivity contribution in [1.29, 1.82) is 0 Å². The standard InChI is InChI=1S/C23H26N2O2/c1-14-6-5-7-16(10-14)18-8-3-4-9-19(18)23(27)25-13-17-11-15(2)12-20(17)21(25)22(24)26/h3-10,15,17,20-21H,11-13H2,1-2H3,(H2,24,26)/t15?,17-,20-,21-/m0/s1. The molecule has 1 aliphatic heterocycles. The average Bonchev–Trinajstić information content (AvgIpc) is 3.16. The van der Waals surface area contributed by atoms with Gasteiger partial charge in [-0.3, -0.25) is 9.59 Å². The van der Waals surface area contributed by atoms with E-state index in [1.165, 1.54) is 0 Å². The van der Waals surface area contributed by atoms with Gasteiger partial charge in [-0.2, -0.15) is 0 Å². The number of benzene rings is 2. The lowest BCUT2D eigenvalue weighted by Gasteiger charge is -2.27. The van der Waals surface area contributed by atoms with Crippen LogP contribution < -0.4 is 5.73 Å². The van der Waals surface area contributed by atoms with Gasteiger partial charge in [-0.1, -0.05) is 55.0 Å². The molecule has 0 spiro atoms. The third-order valence-corrected chi connectivity index (χ3v) is 6.20. The van der Waals surface area contributed by atoms with Crippen molar-refractivity contribution in [2.45, 2.75) is 32.7 Å². The van der Waals surface area contributed by atoms with E-state index in [2.05, 4.69) is 13.0 Å². The molecule has 1 saturated carbocycles. The highest BCUT2D eigenvalue weighted by Crippen LogP contribution is 2.45. The molecule has 0 aromatic heterocycles. The molecule has 2 N–H and O–H groups in total. The topological polar surface area (TPSA) is 63.4 Å². The fraction of sp³-hybridized carbons (Fsp3) is 0.391. The van der Waals surface area contributed by atoms with E-state index in [-0.39, 0.29) is 17.7 Å². The molecule has 1 saturated heterocycles. The van der Waals surface area contributed by atoms with Gasteiger partial charge in [-0.25, -0.2) is 0 Å². The van der Waals surface area contributed by atoms with Crippen LogP contribution in [0.25, 0.3) is 11.1 Å². The van der Waals surface area contributed by atoms with Crippen molar-refractivity contribution in [2.75, 3.05) is 6.54 Å². The van der Waals surface area contributed by atoms with E-state index in [9.17, 15) is 9.59 Å². The zero-order chi connectivity index (χ0) is 19.1. The minimum Gasteiger partial charge on any atom is -0.368 e. The highest BCUT2D eigenvalue weighted by atomic mass is 16.2.